The van der Waals surface area contributed by atoms with Crippen molar-refractivity contribution in [2.45, 2.75) is 37.6 Å². The smallest absolute Gasteiger partial charge is 0.333 e. The second-order valence-corrected chi connectivity index (χ2v) is 5.07. The van der Waals surface area contributed by atoms with Gasteiger partial charge in [0.15, 0.2) is 6.23 Å². The van der Waals surface area contributed by atoms with Gasteiger partial charge >= 0.3 is 8.60 Å². The minimum absolute atomic E-state index is 0.210. The number of fused-ring (bicyclic) bond motifs is 4. The Bertz CT molecular complexity index is 315. The Balaban J connectivity index is 1.74. The highest BCUT2D eigenvalue weighted by atomic mass is 31.2. The molecule has 2 bridgehead atoms. The summed E-state index contributed by atoms with van der Waals surface area (Å²) in [5.41, 5.74) is 0. The summed E-state index contributed by atoms with van der Waals surface area (Å²) in [6.07, 6.45) is -2.69. The number of aliphatic hydroxyl groups is 1. The molecule has 3 saturated heterocycles. The quantitative estimate of drug-likeness (QED) is 0.595. The summed E-state index contributed by atoms with van der Waals surface area (Å²) in [6.45, 7) is 1.78. The predicted octanol–water partition coefficient (Wildman–Crippen LogP) is -0.751. The topological polar surface area (TPSA) is 86.3 Å². The van der Waals surface area contributed by atoms with E-state index >= 15 is 0 Å². The maximum absolute atomic E-state index is 10.9. The Labute approximate surface area is 93.0 Å². The second-order valence-electron chi connectivity index (χ2n) is 3.95. The normalized spacial score (nSPS) is 50.1. The zero-order valence-corrected chi connectivity index (χ0v) is 9.42. The van der Waals surface area contributed by atoms with Crippen LogP contribution in [0.2, 0.25) is 0 Å². The van der Waals surface area contributed by atoms with Crippen LogP contribution in [0.3, 0.4) is 0 Å². The fourth-order valence-corrected chi connectivity index (χ4v) is 3.34. The van der Waals surface area contributed by atoms with Gasteiger partial charge in [-0.05, 0) is 0 Å². The van der Waals surface area contributed by atoms with Crippen molar-refractivity contribution >= 4 is 14.5 Å². The fraction of sp³-hybridized carbons (Fsp3) is 0.875. The molecule has 3 fully saturated rings. The lowest BCUT2D eigenvalue weighted by atomic mass is 10.1. The molecule has 1 amide bonds. The molecule has 0 saturated carbocycles. The molecule has 3 aliphatic rings. The molecule has 7 nitrogen and oxygen atoms in total. The second kappa shape index (κ2) is 3.87. The van der Waals surface area contributed by atoms with Crippen molar-refractivity contribution in [2.75, 3.05) is 6.61 Å². The minimum Gasteiger partial charge on any atom is -0.386 e. The summed E-state index contributed by atoms with van der Waals surface area (Å²) in [6, 6.07) is 0. The van der Waals surface area contributed by atoms with Crippen molar-refractivity contribution in [3.05, 3.63) is 0 Å². The molecule has 0 aromatic rings. The monoisotopic (exact) mass is 249 g/mol. The van der Waals surface area contributed by atoms with Crippen molar-refractivity contribution < 1.29 is 28.2 Å². The summed E-state index contributed by atoms with van der Waals surface area (Å²) in [5, 5.41) is 12.5. The van der Waals surface area contributed by atoms with E-state index in [0.29, 0.717) is 6.61 Å². The van der Waals surface area contributed by atoms with Gasteiger partial charge in [0.2, 0.25) is 5.91 Å². The van der Waals surface area contributed by atoms with Crippen LogP contribution in [-0.2, 0) is 23.1 Å². The Morgan fingerprint density at radius 3 is 3.00 bits per heavy atom. The van der Waals surface area contributed by atoms with Gasteiger partial charge in [0.05, 0.1) is 6.61 Å². The first kappa shape index (κ1) is 10.8. The maximum atomic E-state index is 10.9. The SMILES string of the molecule is CC(=O)N[C@H]1O[C@H]2[C@H](OP3OC[C@H]2O3)[C@H]1O. The van der Waals surface area contributed by atoms with Crippen LogP contribution in [0.15, 0.2) is 0 Å². The van der Waals surface area contributed by atoms with Crippen molar-refractivity contribution in [3.8, 4) is 0 Å². The Morgan fingerprint density at radius 1 is 1.44 bits per heavy atom. The van der Waals surface area contributed by atoms with E-state index in [2.05, 4.69) is 5.32 Å². The average molecular weight is 249 g/mol. The number of rotatable bonds is 1. The van der Waals surface area contributed by atoms with Gasteiger partial charge in [-0.3, -0.25) is 4.79 Å². The van der Waals surface area contributed by atoms with Gasteiger partial charge in [0.25, 0.3) is 0 Å². The van der Waals surface area contributed by atoms with Crippen LogP contribution >= 0.6 is 8.60 Å². The lowest BCUT2D eigenvalue weighted by Gasteiger charge is -2.28. The summed E-state index contributed by atoms with van der Waals surface area (Å²) < 4.78 is 21.5. The lowest BCUT2D eigenvalue weighted by molar-refractivity contribution is -0.126. The first-order chi connectivity index (χ1) is 7.65. The summed E-state index contributed by atoms with van der Waals surface area (Å²) in [4.78, 5) is 10.9. The average Bonchev–Trinajstić information content (AvgIpc) is 2.74. The molecule has 3 rings (SSSR count). The number of aliphatic hydroxyl groups excluding tert-OH is 1. The highest BCUT2D eigenvalue weighted by Gasteiger charge is 2.56. The lowest BCUT2D eigenvalue weighted by Crippen LogP contribution is -2.44. The standard InChI is InChI=1S/C8H12NO6P/c1-3(10)9-8-5(11)7-6(13-8)4-2-12-16(14-4)15-7/h4-8,11H,2H2,1H3,(H,9,10)/t4-,5-,6-,7-,8+,16?/m1/s1. The molecular weight excluding hydrogens is 237 g/mol. The third-order valence-corrected chi connectivity index (χ3v) is 3.98. The van der Waals surface area contributed by atoms with Gasteiger partial charge in [-0.1, -0.05) is 0 Å². The zero-order chi connectivity index (χ0) is 11.3. The van der Waals surface area contributed by atoms with Crippen LogP contribution in [0.5, 0.6) is 0 Å². The number of carbonyl (C=O) groups excluding carboxylic acids is 1. The van der Waals surface area contributed by atoms with E-state index in [4.69, 9.17) is 18.3 Å². The third kappa shape index (κ3) is 1.64. The van der Waals surface area contributed by atoms with Gasteiger partial charge < -0.3 is 28.7 Å². The minimum atomic E-state index is -1.35. The molecular formula is C8H12NO6P. The molecule has 8 heteroatoms. The van der Waals surface area contributed by atoms with E-state index in [1.807, 2.05) is 0 Å². The molecule has 3 aliphatic heterocycles. The highest BCUT2D eigenvalue weighted by Crippen LogP contribution is 2.55. The molecule has 1 unspecified atom stereocenters. The summed E-state index contributed by atoms with van der Waals surface area (Å²) in [7, 11) is -1.35. The van der Waals surface area contributed by atoms with Crippen LogP contribution in [0, 0.1) is 0 Å². The molecule has 0 aromatic heterocycles. The maximum Gasteiger partial charge on any atom is 0.333 e. The first-order valence-electron chi connectivity index (χ1n) is 5.02. The van der Waals surface area contributed by atoms with Crippen molar-refractivity contribution in [2.24, 2.45) is 0 Å². The van der Waals surface area contributed by atoms with E-state index in [1.54, 1.807) is 0 Å². The Kier molecular flexibility index (Phi) is 2.62. The molecule has 2 N–H and O–H groups in total. The third-order valence-electron chi connectivity index (χ3n) is 2.76. The number of carbonyl (C=O) groups is 1. The highest BCUT2D eigenvalue weighted by molar-refractivity contribution is 7.42. The molecule has 0 aliphatic carbocycles. The molecule has 0 spiro atoms. The molecule has 0 radical (unpaired) electrons. The van der Waals surface area contributed by atoms with Crippen molar-refractivity contribution in [3.63, 3.8) is 0 Å². The number of amides is 1. The van der Waals surface area contributed by atoms with Crippen LogP contribution < -0.4 is 5.32 Å². The van der Waals surface area contributed by atoms with Crippen LogP contribution in [-0.4, -0.2) is 48.3 Å². The van der Waals surface area contributed by atoms with E-state index in [-0.39, 0.29) is 18.1 Å². The molecule has 90 valence electrons. The fourth-order valence-electron chi connectivity index (χ4n) is 2.05. The Morgan fingerprint density at radius 2 is 2.25 bits per heavy atom. The molecule has 3 heterocycles. The Hall–Kier alpha value is -0.300. The summed E-state index contributed by atoms with van der Waals surface area (Å²) >= 11 is 0. The van der Waals surface area contributed by atoms with Crippen molar-refractivity contribution in [1.82, 2.24) is 5.32 Å². The van der Waals surface area contributed by atoms with Crippen LogP contribution in [0.1, 0.15) is 6.92 Å². The van der Waals surface area contributed by atoms with Gasteiger partial charge in [0.1, 0.15) is 24.4 Å². The first-order valence-corrected chi connectivity index (χ1v) is 6.12. The van der Waals surface area contributed by atoms with Crippen LogP contribution in [0.25, 0.3) is 0 Å². The number of hydrogen-bond donors (Lipinski definition) is 2. The van der Waals surface area contributed by atoms with Crippen LogP contribution in [0.4, 0.5) is 0 Å². The van der Waals surface area contributed by atoms with Gasteiger partial charge in [0, 0.05) is 6.92 Å². The van der Waals surface area contributed by atoms with Crippen molar-refractivity contribution in [1.29, 1.82) is 0 Å². The molecule has 0 aromatic carbocycles. The van der Waals surface area contributed by atoms with E-state index in [1.165, 1.54) is 6.92 Å². The van der Waals surface area contributed by atoms with Gasteiger partial charge in [-0.2, -0.15) is 0 Å². The number of ether oxygens (including phenoxy) is 1. The number of hydrogen-bond acceptors (Lipinski definition) is 6. The molecule has 16 heavy (non-hydrogen) atoms. The van der Waals surface area contributed by atoms with E-state index in [9.17, 15) is 9.90 Å². The van der Waals surface area contributed by atoms with E-state index < -0.39 is 27.0 Å². The van der Waals surface area contributed by atoms with Gasteiger partial charge in [-0.25, -0.2) is 0 Å². The van der Waals surface area contributed by atoms with Gasteiger partial charge in [-0.15, -0.1) is 0 Å². The summed E-state index contributed by atoms with van der Waals surface area (Å²) in [5.74, 6) is -0.254. The zero-order valence-electron chi connectivity index (χ0n) is 8.53. The van der Waals surface area contributed by atoms with E-state index in [0.717, 1.165) is 0 Å². The number of nitrogens with one attached hydrogen (secondary N) is 1. The largest absolute Gasteiger partial charge is 0.386 e. The predicted molar refractivity (Wildman–Crippen MR) is 51.1 cm³/mol. The molecule has 6 atom stereocenters.